The van der Waals surface area contributed by atoms with E-state index in [1.807, 2.05) is 42.3 Å². The summed E-state index contributed by atoms with van der Waals surface area (Å²) in [5.41, 5.74) is 1.36. The van der Waals surface area contributed by atoms with Crippen molar-refractivity contribution in [2.24, 2.45) is 4.99 Å². The fraction of sp³-hybridized carbons (Fsp3) is 0.312. The van der Waals surface area contributed by atoms with Crippen LogP contribution in [0.4, 0.5) is 5.82 Å². The first-order valence-corrected chi connectivity index (χ1v) is 7.04. The summed E-state index contributed by atoms with van der Waals surface area (Å²) < 4.78 is 1.68. The predicted octanol–water partition coefficient (Wildman–Crippen LogP) is 3.14. The molecule has 0 aliphatic rings. The summed E-state index contributed by atoms with van der Waals surface area (Å²) in [4.78, 5) is 6.47. The van der Waals surface area contributed by atoms with Crippen LogP contribution < -0.4 is 0 Å². The number of hydrogen-bond acceptors (Lipinski definition) is 3. The van der Waals surface area contributed by atoms with Gasteiger partial charge >= 0.3 is 0 Å². The van der Waals surface area contributed by atoms with Crippen LogP contribution in [0.3, 0.4) is 0 Å². The Balaban J connectivity index is 2.28. The van der Waals surface area contributed by atoms with E-state index in [0.717, 1.165) is 25.1 Å². The second kappa shape index (κ2) is 7.25. The quantitative estimate of drug-likeness (QED) is 0.603. The van der Waals surface area contributed by atoms with Gasteiger partial charge in [0.05, 0.1) is 18.2 Å². The SMILES string of the molecule is CCCCN(C)/C=N/c1c(C#N)cnn1-c1ccccc1. The van der Waals surface area contributed by atoms with Crippen molar-refractivity contribution in [1.29, 1.82) is 5.26 Å². The van der Waals surface area contributed by atoms with Gasteiger partial charge < -0.3 is 4.90 Å². The molecule has 0 atom stereocenters. The molecule has 0 bridgehead atoms. The molecule has 1 aromatic carbocycles. The van der Waals surface area contributed by atoms with E-state index in [2.05, 4.69) is 23.1 Å². The summed E-state index contributed by atoms with van der Waals surface area (Å²) in [7, 11) is 1.98. The van der Waals surface area contributed by atoms with Crippen molar-refractivity contribution in [3.05, 3.63) is 42.1 Å². The molecule has 0 saturated heterocycles. The van der Waals surface area contributed by atoms with E-state index in [0.29, 0.717) is 11.4 Å². The van der Waals surface area contributed by atoms with Gasteiger partial charge in [-0.25, -0.2) is 9.67 Å². The second-order valence-electron chi connectivity index (χ2n) is 4.82. The van der Waals surface area contributed by atoms with Crippen molar-refractivity contribution in [3.8, 4) is 11.8 Å². The number of rotatable bonds is 6. The number of hydrogen-bond donors (Lipinski definition) is 0. The fourth-order valence-corrected chi connectivity index (χ4v) is 1.92. The molecule has 1 heterocycles. The first-order chi connectivity index (χ1) is 10.3. The fourth-order valence-electron chi connectivity index (χ4n) is 1.92. The summed E-state index contributed by atoms with van der Waals surface area (Å²) in [6, 6.07) is 11.8. The Morgan fingerprint density at radius 3 is 2.81 bits per heavy atom. The van der Waals surface area contributed by atoms with Crippen LogP contribution in [-0.4, -0.2) is 34.6 Å². The molecule has 0 spiro atoms. The minimum Gasteiger partial charge on any atom is -0.366 e. The molecule has 0 amide bonds. The number of benzene rings is 1. The first-order valence-electron chi connectivity index (χ1n) is 7.04. The highest BCUT2D eigenvalue weighted by atomic mass is 15.3. The predicted molar refractivity (Wildman–Crippen MR) is 84.0 cm³/mol. The summed E-state index contributed by atoms with van der Waals surface area (Å²) >= 11 is 0. The third-order valence-electron chi connectivity index (χ3n) is 3.11. The van der Waals surface area contributed by atoms with Crippen molar-refractivity contribution in [1.82, 2.24) is 14.7 Å². The largest absolute Gasteiger partial charge is 0.366 e. The highest BCUT2D eigenvalue weighted by Crippen LogP contribution is 2.22. The molecule has 0 fully saturated rings. The lowest BCUT2D eigenvalue weighted by atomic mass is 10.3. The maximum atomic E-state index is 9.19. The lowest BCUT2D eigenvalue weighted by Crippen LogP contribution is -2.17. The summed E-state index contributed by atoms with van der Waals surface area (Å²) in [5, 5.41) is 13.5. The lowest BCUT2D eigenvalue weighted by Gasteiger charge is -2.12. The number of unbranched alkanes of at least 4 members (excludes halogenated alkanes) is 1. The normalized spacial score (nSPS) is 10.7. The molecule has 0 aliphatic carbocycles. The van der Waals surface area contributed by atoms with Crippen LogP contribution in [0.2, 0.25) is 0 Å². The molecule has 0 radical (unpaired) electrons. The number of aliphatic imine (C=N–C) groups is 1. The zero-order valence-corrected chi connectivity index (χ0v) is 12.4. The minimum atomic E-state index is 0.471. The molecule has 1 aromatic heterocycles. The standard InChI is InChI=1S/C16H19N5/c1-3-4-10-20(2)13-18-16-14(11-17)12-19-21(16)15-8-6-5-7-9-15/h5-9,12-13H,3-4,10H2,1-2H3/b18-13+. The van der Waals surface area contributed by atoms with E-state index >= 15 is 0 Å². The minimum absolute atomic E-state index is 0.471. The van der Waals surface area contributed by atoms with Gasteiger partial charge in [-0.3, -0.25) is 0 Å². The monoisotopic (exact) mass is 281 g/mol. The van der Waals surface area contributed by atoms with Crippen molar-refractivity contribution in [2.45, 2.75) is 19.8 Å². The van der Waals surface area contributed by atoms with Crippen LogP contribution in [0.15, 0.2) is 41.5 Å². The topological polar surface area (TPSA) is 57.2 Å². The summed E-state index contributed by atoms with van der Waals surface area (Å²) in [6.07, 6.45) is 5.56. The van der Waals surface area contributed by atoms with Gasteiger partial charge in [0.25, 0.3) is 0 Å². The van der Waals surface area contributed by atoms with E-state index in [4.69, 9.17) is 0 Å². The Hall–Kier alpha value is -2.61. The van der Waals surface area contributed by atoms with Crippen molar-refractivity contribution < 1.29 is 0 Å². The van der Waals surface area contributed by atoms with Crippen molar-refractivity contribution in [2.75, 3.05) is 13.6 Å². The molecule has 0 N–H and O–H groups in total. The summed E-state index contributed by atoms with van der Waals surface area (Å²) in [5.74, 6) is 0.562. The zero-order chi connectivity index (χ0) is 15.1. The Labute approximate surface area is 125 Å². The third-order valence-corrected chi connectivity index (χ3v) is 3.11. The molecule has 5 nitrogen and oxygen atoms in total. The van der Waals surface area contributed by atoms with Gasteiger partial charge in [0.1, 0.15) is 11.6 Å². The van der Waals surface area contributed by atoms with Gasteiger partial charge in [-0.15, -0.1) is 0 Å². The Bertz CT molecular complexity index is 636. The van der Waals surface area contributed by atoms with Crippen LogP contribution in [0, 0.1) is 11.3 Å². The first kappa shape index (κ1) is 14.8. The molecular weight excluding hydrogens is 262 g/mol. The van der Waals surface area contributed by atoms with Crippen LogP contribution in [0.25, 0.3) is 5.69 Å². The molecule has 0 aliphatic heterocycles. The Morgan fingerprint density at radius 1 is 1.38 bits per heavy atom. The highest BCUT2D eigenvalue weighted by Gasteiger charge is 2.10. The molecule has 5 heteroatoms. The summed E-state index contributed by atoms with van der Waals surface area (Å²) in [6.45, 7) is 3.10. The van der Waals surface area contributed by atoms with E-state index in [9.17, 15) is 5.26 Å². The van der Waals surface area contributed by atoms with E-state index in [-0.39, 0.29) is 0 Å². The third kappa shape index (κ3) is 3.69. The van der Waals surface area contributed by atoms with Crippen molar-refractivity contribution >= 4 is 12.2 Å². The molecule has 0 unspecified atom stereocenters. The number of aromatic nitrogens is 2. The molecule has 2 aromatic rings. The van der Waals surface area contributed by atoms with Gasteiger partial charge in [0.2, 0.25) is 0 Å². The van der Waals surface area contributed by atoms with Gasteiger partial charge in [0.15, 0.2) is 5.82 Å². The Kier molecular flexibility index (Phi) is 5.10. The van der Waals surface area contributed by atoms with Crippen LogP contribution >= 0.6 is 0 Å². The van der Waals surface area contributed by atoms with Gasteiger partial charge in [-0.05, 0) is 18.6 Å². The molecular formula is C16H19N5. The van der Waals surface area contributed by atoms with Gasteiger partial charge in [0, 0.05) is 13.6 Å². The van der Waals surface area contributed by atoms with Crippen LogP contribution in [0.5, 0.6) is 0 Å². The molecule has 2 rings (SSSR count). The maximum absolute atomic E-state index is 9.19. The lowest BCUT2D eigenvalue weighted by molar-refractivity contribution is 0.497. The second-order valence-corrected chi connectivity index (χ2v) is 4.82. The zero-order valence-electron chi connectivity index (χ0n) is 12.4. The maximum Gasteiger partial charge on any atom is 0.175 e. The Morgan fingerprint density at radius 2 is 2.14 bits per heavy atom. The number of para-hydroxylation sites is 1. The van der Waals surface area contributed by atoms with E-state index < -0.39 is 0 Å². The van der Waals surface area contributed by atoms with Crippen LogP contribution in [0.1, 0.15) is 25.3 Å². The molecule has 108 valence electrons. The van der Waals surface area contributed by atoms with Gasteiger partial charge in [-0.1, -0.05) is 31.5 Å². The van der Waals surface area contributed by atoms with E-state index in [1.165, 1.54) is 0 Å². The van der Waals surface area contributed by atoms with Crippen LogP contribution in [-0.2, 0) is 0 Å². The number of nitriles is 1. The average Bonchev–Trinajstić information content (AvgIpc) is 2.94. The number of nitrogens with zero attached hydrogens (tertiary/aromatic N) is 5. The van der Waals surface area contributed by atoms with E-state index in [1.54, 1.807) is 17.2 Å². The van der Waals surface area contributed by atoms with Gasteiger partial charge in [-0.2, -0.15) is 10.4 Å². The highest BCUT2D eigenvalue weighted by molar-refractivity contribution is 5.64. The molecule has 0 saturated carbocycles. The average molecular weight is 281 g/mol. The molecule has 21 heavy (non-hydrogen) atoms. The van der Waals surface area contributed by atoms with Crippen molar-refractivity contribution in [3.63, 3.8) is 0 Å². The smallest absolute Gasteiger partial charge is 0.175 e.